The van der Waals surface area contributed by atoms with Crippen molar-refractivity contribution in [3.05, 3.63) is 16.8 Å². The number of aliphatic hydroxyl groups excluding tert-OH is 1. The lowest BCUT2D eigenvalue weighted by atomic mass is 9.88. The Morgan fingerprint density at radius 3 is 2.90 bits per heavy atom. The van der Waals surface area contributed by atoms with Gasteiger partial charge in [-0.3, -0.25) is 0 Å². The van der Waals surface area contributed by atoms with Gasteiger partial charge >= 0.3 is 0 Å². The van der Waals surface area contributed by atoms with Gasteiger partial charge < -0.3 is 9.67 Å². The number of aromatic nitrogens is 4. The summed E-state index contributed by atoms with van der Waals surface area (Å²) < 4.78 is 1.86. The minimum atomic E-state index is -0.553. The average molecular weight is 311 g/mol. The van der Waals surface area contributed by atoms with E-state index in [-0.39, 0.29) is 16.5 Å². The molecule has 7 heteroatoms. The number of halogens is 2. The Morgan fingerprint density at radius 1 is 1.50 bits per heavy atom. The van der Waals surface area contributed by atoms with Gasteiger partial charge in [0.1, 0.15) is 5.52 Å². The van der Waals surface area contributed by atoms with Gasteiger partial charge in [-0.15, -0.1) is 6.42 Å². The molecule has 0 aromatic carbocycles. The molecule has 2 aromatic heterocycles. The van der Waals surface area contributed by atoms with Crippen LogP contribution in [0.5, 0.6) is 0 Å². The third-order valence-electron chi connectivity index (χ3n) is 3.97. The van der Waals surface area contributed by atoms with Crippen LogP contribution < -0.4 is 0 Å². The van der Waals surface area contributed by atoms with Gasteiger partial charge in [-0.25, -0.2) is 9.97 Å². The van der Waals surface area contributed by atoms with E-state index < -0.39 is 11.5 Å². The zero-order chi connectivity index (χ0) is 14.5. The monoisotopic (exact) mass is 310 g/mol. The molecule has 0 bridgehead atoms. The first-order valence-corrected chi connectivity index (χ1v) is 6.91. The van der Waals surface area contributed by atoms with Crippen LogP contribution in [0, 0.1) is 17.8 Å². The smallest absolute Gasteiger partial charge is 0.225 e. The molecule has 0 spiro atoms. The summed E-state index contributed by atoms with van der Waals surface area (Å²) in [5.41, 5.74) is 0.523. The molecule has 5 nitrogen and oxygen atoms in total. The zero-order valence-electron chi connectivity index (χ0n) is 10.7. The van der Waals surface area contributed by atoms with Crippen LogP contribution in [0.1, 0.15) is 25.8 Å². The summed E-state index contributed by atoms with van der Waals surface area (Å²) >= 11 is 11.8. The van der Waals surface area contributed by atoms with Gasteiger partial charge in [0.05, 0.1) is 17.8 Å². The van der Waals surface area contributed by atoms with E-state index in [4.69, 9.17) is 29.6 Å². The lowest BCUT2D eigenvalue weighted by molar-refractivity contribution is 0.104. The molecule has 3 atom stereocenters. The second-order valence-electron chi connectivity index (χ2n) is 5.28. The van der Waals surface area contributed by atoms with Crippen LogP contribution in [0.15, 0.2) is 6.33 Å². The van der Waals surface area contributed by atoms with E-state index in [2.05, 4.69) is 20.9 Å². The number of hydrogen-bond donors (Lipinski definition) is 1. The Bertz CT molecular complexity index is 723. The lowest BCUT2D eigenvalue weighted by Crippen LogP contribution is -2.23. The zero-order valence-corrected chi connectivity index (χ0v) is 12.2. The highest BCUT2D eigenvalue weighted by molar-refractivity contribution is 6.35. The van der Waals surface area contributed by atoms with E-state index in [9.17, 15) is 5.11 Å². The summed E-state index contributed by atoms with van der Waals surface area (Å²) in [6.07, 6.45) is 7.81. The number of aliphatic hydroxyl groups is 1. The molecule has 1 aliphatic carbocycles. The van der Waals surface area contributed by atoms with Crippen LogP contribution in [0.2, 0.25) is 10.4 Å². The summed E-state index contributed by atoms with van der Waals surface area (Å²) in [6, 6.07) is 0.0121. The number of fused-ring (bicyclic) bond motifs is 1. The van der Waals surface area contributed by atoms with Gasteiger partial charge in [0, 0.05) is 6.04 Å². The largest absolute Gasteiger partial charge is 0.391 e. The van der Waals surface area contributed by atoms with Crippen molar-refractivity contribution in [3.8, 4) is 12.3 Å². The molecule has 0 aliphatic heterocycles. The van der Waals surface area contributed by atoms with E-state index >= 15 is 0 Å². The van der Waals surface area contributed by atoms with E-state index in [0.717, 1.165) is 0 Å². The molecule has 2 aromatic rings. The van der Waals surface area contributed by atoms with Crippen LogP contribution in [-0.2, 0) is 0 Å². The second kappa shape index (κ2) is 4.59. The van der Waals surface area contributed by atoms with Crippen molar-refractivity contribution < 1.29 is 5.11 Å². The molecule has 0 radical (unpaired) electrons. The molecular formula is C13H12Cl2N4O. The Balaban J connectivity index is 2.07. The Kier molecular flexibility index (Phi) is 3.13. The summed E-state index contributed by atoms with van der Waals surface area (Å²) in [4.78, 5) is 12.3. The predicted molar refractivity (Wildman–Crippen MR) is 76.6 cm³/mol. The first-order valence-electron chi connectivity index (χ1n) is 6.16. The number of imidazole rings is 1. The van der Waals surface area contributed by atoms with E-state index in [0.29, 0.717) is 24.0 Å². The Hall–Kier alpha value is -1.35. The molecule has 20 heavy (non-hydrogen) atoms. The first-order chi connectivity index (χ1) is 9.44. The van der Waals surface area contributed by atoms with E-state index in [1.165, 1.54) is 0 Å². The standard InChI is InChI=1S/C13H12Cl2N4O/c1-3-13(2)5-7(4-8(13)20)19-6-16-9-10(14)17-12(15)18-11(9)19/h1,6-8,20H,4-5H2,2H3/t7-,8-,13+/m1/s1. The van der Waals surface area contributed by atoms with Crippen LogP contribution in [0.25, 0.3) is 11.2 Å². The highest BCUT2D eigenvalue weighted by atomic mass is 35.5. The molecule has 1 N–H and O–H groups in total. The van der Waals surface area contributed by atoms with Crippen molar-refractivity contribution in [2.75, 3.05) is 0 Å². The predicted octanol–water partition coefficient (Wildman–Crippen LogP) is 2.47. The number of rotatable bonds is 1. The number of hydrogen-bond acceptors (Lipinski definition) is 4. The second-order valence-corrected chi connectivity index (χ2v) is 5.97. The molecule has 1 aliphatic rings. The molecule has 1 fully saturated rings. The summed E-state index contributed by atoms with van der Waals surface area (Å²) in [6.45, 7) is 1.88. The van der Waals surface area contributed by atoms with Crippen LogP contribution in [0.3, 0.4) is 0 Å². The van der Waals surface area contributed by atoms with Crippen molar-refractivity contribution in [2.24, 2.45) is 5.41 Å². The van der Waals surface area contributed by atoms with E-state index in [1.54, 1.807) is 6.33 Å². The molecular weight excluding hydrogens is 299 g/mol. The molecule has 1 saturated carbocycles. The lowest BCUT2D eigenvalue weighted by Gasteiger charge is -2.20. The van der Waals surface area contributed by atoms with Gasteiger partial charge in [-0.05, 0) is 31.4 Å². The number of nitrogens with zero attached hydrogens (tertiary/aromatic N) is 4. The normalized spacial score (nSPS) is 29.8. The van der Waals surface area contributed by atoms with Crippen molar-refractivity contribution in [3.63, 3.8) is 0 Å². The fourth-order valence-electron chi connectivity index (χ4n) is 2.72. The van der Waals surface area contributed by atoms with Crippen LogP contribution in [0.4, 0.5) is 0 Å². The molecule has 0 amide bonds. The fraction of sp³-hybridized carbons (Fsp3) is 0.462. The maximum atomic E-state index is 10.1. The van der Waals surface area contributed by atoms with Crippen molar-refractivity contribution in [1.29, 1.82) is 0 Å². The maximum absolute atomic E-state index is 10.1. The van der Waals surface area contributed by atoms with Crippen LogP contribution >= 0.6 is 23.2 Å². The van der Waals surface area contributed by atoms with Gasteiger partial charge in [0.25, 0.3) is 0 Å². The molecule has 2 heterocycles. The molecule has 3 rings (SSSR count). The van der Waals surface area contributed by atoms with Crippen molar-refractivity contribution >= 4 is 34.4 Å². The van der Waals surface area contributed by atoms with Gasteiger partial charge in [-0.1, -0.05) is 17.5 Å². The molecule has 0 saturated heterocycles. The Morgan fingerprint density at radius 2 is 2.25 bits per heavy atom. The highest BCUT2D eigenvalue weighted by Gasteiger charge is 2.43. The quantitative estimate of drug-likeness (QED) is 0.499. The Labute approximate surface area is 126 Å². The highest BCUT2D eigenvalue weighted by Crippen LogP contribution is 2.44. The first kappa shape index (κ1) is 13.6. The minimum Gasteiger partial charge on any atom is -0.391 e. The molecule has 104 valence electrons. The SMILES string of the molecule is C#C[C@@]1(C)C[C@H](n2cnc3c(Cl)nc(Cl)nc32)C[C@H]1O. The van der Waals surface area contributed by atoms with Crippen molar-refractivity contribution in [2.45, 2.75) is 31.9 Å². The minimum absolute atomic E-state index is 0.0121. The van der Waals surface area contributed by atoms with E-state index in [1.807, 2.05) is 11.5 Å². The van der Waals surface area contributed by atoms with Gasteiger partial charge in [0.15, 0.2) is 10.8 Å². The summed E-state index contributed by atoms with van der Waals surface area (Å²) in [7, 11) is 0. The topological polar surface area (TPSA) is 63.8 Å². The summed E-state index contributed by atoms with van der Waals surface area (Å²) in [5.74, 6) is 2.68. The third-order valence-corrected chi connectivity index (χ3v) is 4.40. The third kappa shape index (κ3) is 1.96. The molecule has 0 unspecified atom stereocenters. The maximum Gasteiger partial charge on any atom is 0.225 e. The summed E-state index contributed by atoms with van der Waals surface area (Å²) in [5, 5.41) is 10.4. The van der Waals surface area contributed by atoms with Gasteiger partial charge in [0.2, 0.25) is 5.28 Å². The van der Waals surface area contributed by atoms with Crippen molar-refractivity contribution in [1.82, 2.24) is 19.5 Å². The fourth-order valence-corrected chi connectivity index (χ4v) is 3.14. The average Bonchev–Trinajstić information content (AvgIpc) is 2.92. The van der Waals surface area contributed by atoms with Gasteiger partial charge in [-0.2, -0.15) is 4.98 Å². The van der Waals surface area contributed by atoms with Crippen LogP contribution in [-0.4, -0.2) is 30.7 Å². The number of terminal acetylenes is 1.